The van der Waals surface area contributed by atoms with Gasteiger partial charge in [0, 0.05) is 11.3 Å². The minimum atomic E-state index is -0.235. The number of methoxy groups -OCH3 is 2. The molecule has 24 heavy (non-hydrogen) atoms. The Morgan fingerprint density at radius 1 is 1.21 bits per heavy atom. The number of nitrogens with zero attached hydrogens (tertiary/aromatic N) is 3. The van der Waals surface area contributed by atoms with E-state index >= 15 is 0 Å². The second-order valence-corrected chi connectivity index (χ2v) is 5.39. The Morgan fingerprint density at radius 2 is 1.92 bits per heavy atom. The van der Waals surface area contributed by atoms with Crippen LogP contribution in [-0.4, -0.2) is 35.6 Å². The van der Waals surface area contributed by atoms with E-state index in [-0.39, 0.29) is 12.5 Å². The van der Waals surface area contributed by atoms with Crippen molar-refractivity contribution in [3.05, 3.63) is 41.2 Å². The van der Waals surface area contributed by atoms with Crippen LogP contribution >= 0.6 is 0 Å². The molecule has 1 amide bonds. The van der Waals surface area contributed by atoms with E-state index in [2.05, 4.69) is 15.6 Å². The molecular formula is C17H22N4O3. The van der Waals surface area contributed by atoms with E-state index in [1.54, 1.807) is 25.0 Å². The molecule has 1 N–H and O–H groups in total. The fourth-order valence-corrected chi connectivity index (χ4v) is 2.28. The molecule has 0 saturated heterocycles. The van der Waals surface area contributed by atoms with Gasteiger partial charge in [0.25, 0.3) is 5.91 Å². The number of carbonyl (C=O) groups is 1. The SMILES string of the molecule is COc1ccc(/C(C)=N/NC(=O)Cn2nc(C)cc2C)cc1OC. The van der Waals surface area contributed by atoms with Crippen LogP contribution in [0.5, 0.6) is 11.5 Å². The number of hydrogen-bond donors (Lipinski definition) is 1. The number of nitrogens with one attached hydrogen (secondary N) is 1. The Hall–Kier alpha value is -2.83. The summed E-state index contributed by atoms with van der Waals surface area (Å²) in [4.78, 5) is 12.0. The number of amides is 1. The van der Waals surface area contributed by atoms with E-state index < -0.39 is 0 Å². The van der Waals surface area contributed by atoms with Gasteiger partial charge in [-0.3, -0.25) is 9.48 Å². The molecule has 7 heteroatoms. The van der Waals surface area contributed by atoms with Crippen LogP contribution in [0.1, 0.15) is 23.9 Å². The van der Waals surface area contributed by atoms with Crippen molar-refractivity contribution in [2.24, 2.45) is 5.10 Å². The normalized spacial score (nSPS) is 11.3. The lowest BCUT2D eigenvalue weighted by atomic mass is 10.1. The maximum atomic E-state index is 12.0. The molecule has 1 aromatic carbocycles. The fourth-order valence-electron chi connectivity index (χ4n) is 2.28. The highest BCUT2D eigenvalue weighted by Gasteiger charge is 2.09. The third-order valence-electron chi connectivity index (χ3n) is 3.55. The smallest absolute Gasteiger partial charge is 0.261 e. The van der Waals surface area contributed by atoms with Gasteiger partial charge < -0.3 is 9.47 Å². The van der Waals surface area contributed by atoms with E-state index in [0.717, 1.165) is 17.0 Å². The maximum absolute atomic E-state index is 12.0. The summed E-state index contributed by atoms with van der Waals surface area (Å²) in [6.07, 6.45) is 0. The van der Waals surface area contributed by atoms with Crippen LogP contribution < -0.4 is 14.9 Å². The zero-order valence-electron chi connectivity index (χ0n) is 14.6. The summed E-state index contributed by atoms with van der Waals surface area (Å²) in [5.41, 5.74) is 5.86. The van der Waals surface area contributed by atoms with Gasteiger partial charge in [-0.05, 0) is 45.0 Å². The molecule has 2 aromatic rings. The number of aryl methyl sites for hydroxylation is 2. The fraction of sp³-hybridized carbons (Fsp3) is 0.353. The number of hydrazone groups is 1. The molecule has 0 aliphatic rings. The summed E-state index contributed by atoms with van der Waals surface area (Å²) < 4.78 is 12.1. The van der Waals surface area contributed by atoms with E-state index in [1.165, 1.54) is 0 Å². The second-order valence-electron chi connectivity index (χ2n) is 5.39. The number of benzene rings is 1. The van der Waals surface area contributed by atoms with E-state index in [9.17, 15) is 4.79 Å². The number of ether oxygens (including phenoxy) is 2. The maximum Gasteiger partial charge on any atom is 0.261 e. The molecule has 0 aliphatic heterocycles. The van der Waals surface area contributed by atoms with Crippen molar-refractivity contribution in [1.29, 1.82) is 0 Å². The highest BCUT2D eigenvalue weighted by atomic mass is 16.5. The van der Waals surface area contributed by atoms with Gasteiger partial charge in [-0.25, -0.2) is 5.43 Å². The summed E-state index contributed by atoms with van der Waals surface area (Å²) in [6.45, 7) is 5.74. The Bertz CT molecular complexity index is 765. The van der Waals surface area contributed by atoms with Crippen LogP contribution in [0.4, 0.5) is 0 Å². The van der Waals surface area contributed by atoms with Gasteiger partial charge in [0.2, 0.25) is 0 Å². The van der Waals surface area contributed by atoms with Crippen LogP contribution in [-0.2, 0) is 11.3 Å². The molecule has 0 fully saturated rings. The van der Waals surface area contributed by atoms with Crippen molar-refractivity contribution < 1.29 is 14.3 Å². The van der Waals surface area contributed by atoms with Crippen molar-refractivity contribution >= 4 is 11.6 Å². The second kappa shape index (κ2) is 7.63. The lowest BCUT2D eigenvalue weighted by Crippen LogP contribution is -2.25. The molecule has 2 rings (SSSR count). The molecule has 1 aromatic heterocycles. The Balaban J connectivity index is 2.05. The van der Waals surface area contributed by atoms with E-state index in [1.807, 2.05) is 39.0 Å². The zero-order valence-corrected chi connectivity index (χ0v) is 14.6. The first kappa shape index (κ1) is 17.5. The van der Waals surface area contributed by atoms with Crippen LogP contribution in [0.3, 0.4) is 0 Å². The average Bonchev–Trinajstić information content (AvgIpc) is 2.89. The Kier molecular flexibility index (Phi) is 5.57. The van der Waals surface area contributed by atoms with Crippen molar-refractivity contribution in [1.82, 2.24) is 15.2 Å². The Morgan fingerprint density at radius 3 is 2.50 bits per heavy atom. The van der Waals surface area contributed by atoms with Crippen LogP contribution in [0.2, 0.25) is 0 Å². The van der Waals surface area contributed by atoms with Crippen LogP contribution in [0.15, 0.2) is 29.4 Å². The predicted molar refractivity (Wildman–Crippen MR) is 91.6 cm³/mol. The quantitative estimate of drug-likeness (QED) is 0.649. The van der Waals surface area contributed by atoms with Gasteiger partial charge in [0.1, 0.15) is 6.54 Å². The summed E-state index contributed by atoms with van der Waals surface area (Å²) in [5, 5.41) is 8.39. The third kappa shape index (κ3) is 4.13. The van der Waals surface area contributed by atoms with Gasteiger partial charge in [-0.15, -0.1) is 0 Å². The molecule has 128 valence electrons. The Labute approximate surface area is 141 Å². The van der Waals surface area contributed by atoms with Crippen LogP contribution in [0.25, 0.3) is 0 Å². The van der Waals surface area contributed by atoms with Crippen molar-refractivity contribution in [2.75, 3.05) is 14.2 Å². The first-order chi connectivity index (χ1) is 11.4. The molecule has 0 unspecified atom stereocenters. The minimum absolute atomic E-state index is 0.127. The summed E-state index contributed by atoms with van der Waals surface area (Å²) in [5.74, 6) is 1.02. The summed E-state index contributed by atoms with van der Waals surface area (Å²) in [7, 11) is 3.15. The largest absolute Gasteiger partial charge is 0.493 e. The molecule has 0 saturated carbocycles. The molecule has 1 heterocycles. The highest BCUT2D eigenvalue weighted by Crippen LogP contribution is 2.27. The topological polar surface area (TPSA) is 77.7 Å². The molecule has 0 atom stereocenters. The van der Waals surface area contributed by atoms with Gasteiger partial charge in [-0.2, -0.15) is 10.2 Å². The lowest BCUT2D eigenvalue weighted by Gasteiger charge is -2.09. The molecule has 0 aliphatic carbocycles. The van der Waals surface area contributed by atoms with Crippen molar-refractivity contribution in [3.8, 4) is 11.5 Å². The number of hydrogen-bond acceptors (Lipinski definition) is 5. The standard InChI is InChI=1S/C17H22N4O3/c1-11-8-12(2)21(20-11)10-17(22)19-18-13(3)14-6-7-15(23-4)16(9-14)24-5/h6-9H,10H2,1-5H3,(H,19,22)/b18-13+. The molecule has 7 nitrogen and oxygen atoms in total. The lowest BCUT2D eigenvalue weighted by molar-refractivity contribution is -0.121. The van der Waals surface area contributed by atoms with Gasteiger partial charge in [0.05, 0.1) is 25.6 Å². The zero-order chi connectivity index (χ0) is 17.7. The van der Waals surface area contributed by atoms with Crippen molar-refractivity contribution in [3.63, 3.8) is 0 Å². The van der Waals surface area contributed by atoms with Gasteiger partial charge >= 0.3 is 0 Å². The number of aromatic nitrogens is 2. The minimum Gasteiger partial charge on any atom is -0.493 e. The first-order valence-electron chi connectivity index (χ1n) is 7.51. The monoisotopic (exact) mass is 330 g/mol. The summed E-state index contributed by atoms with van der Waals surface area (Å²) in [6, 6.07) is 7.38. The van der Waals surface area contributed by atoms with Gasteiger partial charge in [0.15, 0.2) is 11.5 Å². The number of rotatable bonds is 6. The molecule has 0 spiro atoms. The van der Waals surface area contributed by atoms with Crippen LogP contribution in [0, 0.1) is 13.8 Å². The van der Waals surface area contributed by atoms with E-state index in [0.29, 0.717) is 17.2 Å². The molecule has 0 bridgehead atoms. The summed E-state index contributed by atoms with van der Waals surface area (Å²) >= 11 is 0. The van der Waals surface area contributed by atoms with Crippen molar-refractivity contribution in [2.45, 2.75) is 27.3 Å². The van der Waals surface area contributed by atoms with Gasteiger partial charge in [-0.1, -0.05) is 0 Å². The molecular weight excluding hydrogens is 308 g/mol. The predicted octanol–water partition coefficient (Wildman–Crippen LogP) is 2.06. The first-order valence-corrected chi connectivity index (χ1v) is 7.51. The highest BCUT2D eigenvalue weighted by molar-refractivity contribution is 5.99. The third-order valence-corrected chi connectivity index (χ3v) is 3.55. The molecule has 0 radical (unpaired) electrons. The number of carbonyl (C=O) groups excluding carboxylic acids is 1. The average molecular weight is 330 g/mol. The van der Waals surface area contributed by atoms with E-state index in [4.69, 9.17) is 9.47 Å².